The number of ether oxygens (including phenoxy) is 3. The summed E-state index contributed by atoms with van der Waals surface area (Å²) in [6, 6.07) is 16.6. The molecule has 312 valence electrons. The zero-order chi connectivity index (χ0) is 41.1. The molecule has 0 radical (unpaired) electrons. The van der Waals surface area contributed by atoms with Crippen molar-refractivity contribution in [2.24, 2.45) is 22.9 Å². The Balaban J connectivity index is 0.727. The van der Waals surface area contributed by atoms with E-state index < -0.39 is 23.8 Å². The molecular formula is C42H50N8O9. The summed E-state index contributed by atoms with van der Waals surface area (Å²) in [4.78, 5) is 74.3. The highest BCUT2D eigenvalue weighted by molar-refractivity contribution is 6.08. The van der Waals surface area contributed by atoms with Crippen LogP contribution >= 0.6 is 0 Å². The van der Waals surface area contributed by atoms with Gasteiger partial charge in [-0.05, 0) is 37.0 Å². The number of aliphatic hydroxyl groups excluding tert-OH is 1. The molecule has 0 spiro atoms. The minimum atomic E-state index is -1.16. The van der Waals surface area contributed by atoms with Crippen molar-refractivity contribution in [3.05, 3.63) is 83.2 Å². The van der Waals surface area contributed by atoms with Gasteiger partial charge in [0.15, 0.2) is 5.78 Å². The molecule has 0 saturated carbocycles. The van der Waals surface area contributed by atoms with Gasteiger partial charge < -0.3 is 34.9 Å². The van der Waals surface area contributed by atoms with Crippen LogP contribution < -0.4 is 20.9 Å². The number of imide groups is 1. The number of carbonyl (C=O) groups excluding carboxylic acids is 5. The molecule has 17 nitrogen and oxygen atoms in total. The van der Waals surface area contributed by atoms with Crippen molar-refractivity contribution in [2.45, 2.75) is 44.2 Å². The summed E-state index contributed by atoms with van der Waals surface area (Å²) >= 11 is 0. The third kappa shape index (κ3) is 9.99. The zero-order valence-electron chi connectivity index (χ0n) is 32.8. The number of ketones is 1. The van der Waals surface area contributed by atoms with Crippen LogP contribution in [0, 0.1) is 17.8 Å². The smallest absolute Gasteiger partial charge is 0.270 e. The molecule has 3 aliphatic heterocycles. The highest BCUT2D eigenvalue weighted by Crippen LogP contribution is 2.45. The summed E-state index contributed by atoms with van der Waals surface area (Å²) in [5.41, 5.74) is 2.76. The number of anilines is 2. The molecule has 2 saturated heterocycles. The van der Waals surface area contributed by atoms with E-state index in [4.69, 9.17) is 14.2 Å². The maximum atomic E-state index is 13.4. The molecule has 59 heavy (non-hydrogen) atoms. The first kappa shape index (κ1) is 41.5. The average molecular weight is 811 g/mol. The van der Waals surface area contributed by atoms with Gasteiger partial charge in [0.1, 0.15) is 5.69 Å². The number of hydrogen-bond acceptors (Lipinski definition) is 14. The predicted octanol–water partition coefficient (Wildman–Crippen LogP) is 2.44. The highest BCUT2D eigenvalue weighted by atomic mass is 16.5. The van der Waals surface area contributed by atoms with Crippen LogP contribution in [0.3, 0.4) is 0 Å². The molecule has 4 amide bonds. The van der Waals surface area contributed by atoms with E-state index in [1.807, 2.05) is 35.2 Å². The molecule has 3 aromatic rings. The molecule has 4 heterocycles. The van der Waals surface area contributed by atoms with Gasteiger partial charge in [0.05, 0.1) is 63.6 Å². The molecule has 4 unspecified atom stereocenters. The number of benzene rings is 2. The zero-order valence-corrected chi connectivity index (χ0v) is 32.8. The van der Waals surface area contributed by atoms with E-state index in [9.17, 15) is 29.1 Å². The fourth-order valence-electron chi connectivity index (χ4n) is 8.06. The number of nitrogens with one attached hydrogen (secondary N) is 3. The molecule has 4 aliphatic rings. The number of amides is 4. The number of carbonyl (C=O) groups is 5. The first-order chi connectivity index (χ1) is 28.8. The lowest BCUT2D eigenvalue weighted by atomic mass is 9.81. The lowest BCUT2D eigenvalue weighted by Crippen LogP contribution is -2.45. The van der Waals surface area contributed by atoms with Gasteiger partial charge in [-0.25, -0.2) is 15.0 Å². The van der Waals surface area contributed by atoms with Crippen LogP contribution in [0.4, 0.5) is 11.6 Å². The molecule has 4 atom stereocenters. The van der Waals surface area contributed by atoms with Crippen LogP contribution in [-0.2, 0) is 28.6 Å². The van der Waals surface area contributed by atoms with Crippen molar-refractivity contribution < 1.29 is 43.3 Å². The van der Waals surface area contributed by atoms with Gasteiger partial charge in [0.2, 0.25) is 23.7 Å². The molecule has 1 aromatic heterocycles. The molecule has 4 N–H and O–H groups in total. The highest BCUT2D eigenvalue weighted by Gasteiger charge is 2.48. The van der Waals surface area contributed by atoms with Crippen LogP contribution in [0.5, 0.6) is 0 Å². The average Bonchev–Trinajstić information content (AvgIpc) is 3.85. The van der Waals surface area contributed by atoms with E-state index in [0.29, 0.717) is 101 Å². The predicted molar refractivity (Wildman–Crippen MR) is 214 cm³/mol. The minimum Gasteiger partial charge on any atom is -0.388 e. The summed E-state index contributed by atoms with van der Waals surface area (Å²) in [6.45, 7) is 3.93. The van der Waals surface area contributed by atoms with Crippen LogP contribution in [0.1, 0.15) is 76.2 Å². The largest absolute Gasteiger partial charge is 0.388 e. The van der Waals surface area contributed by atoms with E-state index in [-0.39, 0.29) is 60.5 Å². The normalized spacial score (nSPS) is 21.7. The van der Waals surface area contributed by atoms with E-state index in [1.54, 1.807) is 41.7 Å². The van der Waals surface area contributed by atoms with Crippen LogP contribution in [0.2, 0.25) is 0 Å². The van der Waals surface area contributed by atoms with Crippen LogP contribution in [0.25, 0.3) is 0 Å². The second kappa shape index (κ2) is 19.9. The second-order valence-electron chi connectivity index (χ2n) is 14.8. The lowest BCUT2D eigenvalue weighted by molar-refractivity contribution is -0.139. The Labute approximate surface area is 341 Å². The lowest BCUT2D eigenvalue weighted by Gasteiger charge is -2.33. The van der Waals surface area contributed by atoms with E-state index in [2.05, 4.69) is 31.0 Å². The molecule has 17 heteroatoms. The number of hydrazone groups is 1. The molecule has 7 rings (SSSR count). The van der Waals surface area contributed by atoms with E-state index >= 15 is 0 Å². The summed E-state index contributed by atoms with van der Waals surface area (Å²) in [5.74, 6) is -2.87. The van der Waals surface area contributed by atoms with Crippen molar-refractivity contribution in [1.82, 2.24) is 25.6 Å². The Bertz CT molecular complexity index is 2010. The summed E-state index contributed by atoms with van der Waals surface area (Å²) < 4.78 is 16.8. The molecule has 1 aliphatic carbocycles. The Kier molecular flexibility index (Phi) is 14.0. The fraction of sp³-hybridized carbons (Fsp3) is 0.476. The summed E-state index contributed by atoms with van der Waals surface area (Å²) in [7, 11) is 0. The van der Waals surface area contributed by atoms with Crippen molar-refractivity contribution in [3.63, 3.8) is 0 Å². The number of fused-ring (bicyclic) bond motifs is 1. The first-order valence-electron chi connectivity index (χ1n) is 20.2. The number of Topliss-reactive ketones (excluding diaryl/α,β-unsaturated/α-hetero) is 1. The Hall–Kier alpha value is -5.62. The monoisotopic (exact) mass is 810 g/mol. The van der Waals surface area contributed by atoms with E-state index in [0.717, 1.165) is 5.56 Å². The van der Waals surface area contributed by atoms with Gasteiger partial charge in [0.25, 0.3) is 5.91 Å². The van der Waals surface area contributed by atoms with Gasteiger partial charge >= 0.3 is 0 Å². The number of nitrogens with zero attached hydrogens (tertiary/aromatic N) is 5. The van der Waals surface area contributed by atoms with Crippen molar-refractivity contribution in [1.29, 1.82) is 0 Å². The first-order valence-corrected chi connectivity index (χ1v) is 20.2. The van der Waals surface area contributed by atoms with Gasteiger partial charge in [-0.1, -0.05) is 42.5 Å². The maximum absolute atomic E-state index is 13.4. The van der Waals surface area contributed by atoms with E-state index in [1.165, 1.54) is 0 Å². The van der Waals surface area contributed by atoms with Crippen LogP contribution in [0.15, 0.2) is 65.9 Å². The van der Waals surface area contributed by atoms with Crippen LogP contribution in [-0.4, -0.2) is 122 Å². The number of aliphatic hydroxyl groups is 1. The number of rotatable bonds is 18. The summed E-state index contributed by atoms with van der Waals surface area (Å²) in [5, 5.41) is 25.4. The second-order valence-corrected chi connectivity index (χ2v) is 14.8. The van der Waals surface area contributed by atoms with Gasteiger partial charge in [-0.2, -0.15) is 5.10 Å². The molecule has 2 fully saturated rings. The van der Waals surface area contributed by atoms with Gasteiger partial charge in [0, 0.05) is 74.2 Å². The van der Waals surface area contributed by atoms with Crippen molar-refractivity contribution in [2.75, 3.05) is 76.0 Å². The maximum Gasteiger partial charge on any atom is 0.270 e. The Morgan fingerprint density at radius 2 is 1.59 bits per heavy atom. The number of piperidine rings is 2. The molecular weight excluding hydrogens is 761 g/mol. The third-order valence-corrected chi connectivity index (χ3v) is 11.1. The minimum absolute atomic E-state index is 0.0338. The quantitative estimate of drug-likeness (QED) is 0.108. The summed E-state index contributed by atoms with van der Waals surface area (Å²) in [6.07, 6.45) is 4.56. The van der Waals surface area contributed by atoms with Crippen molar-refractivity contribution >= 4 is 47.3 Å². The fourth-order valence-corrected chi connectivity index (χ4v) is 8.06. The Morgan fingerprint density at radius 1 is 0.864 bits per heavy atom. The third-order valence-electron chi connectivity index (χ3n) is 11.1. The number of aromatic nitrogens is 2. The molecule has 2 aromatic carbocycles. The number of hydrogen-bond donors (Lipinski definition) is 4. The van der Waals surface area contributed by atoms with Crippen molar-refractivity contribution in [3.8, 4) is 0 Å². The topological polar surface area (TPSA) is 214 Å². The Morgan fingerprint density at radius 3 is 2.34 bits per heavy atom. The van der Waals surface area contributed by atoms with Gasteiger partial charge in [-0.3, -0.25) is 29.3 Å². The molecule has 0 bridgehead atoms. The SMILES string of the molecule is O=C1CCC(C2C(=O)c3cccc(NCCOCCOCCOCCNC(=O)c4ccnc(N5CCC(C(=O)N6N=CCC6c6ccccc6)CC5)n4)c3C2O)C(=O)N1. The van der Waals surface area contributed by atoms with Gasteiger partial charge in [-0.15, -0.1) is 0 Å². The standard InChI is InChI=1S/C42H50N8O9/c51-34-10-9-30(39(54)48-34)36-37(52)29-7-4-8-31(35(29)38(36)53)43-17-21-57-23-25-59-26-24-58-22-18-44-40(55)32-11-15-45-42(47-32)49-19-13-28(14-20-49)41(56)50-33(12-16-46-50)27-5-2-1-3-6-27/h1-8,11,15-16,28,30,33,36,38,43,53H,9-10,12-14,17-26H2,(H,44,55)(H,48,51,54).